The molecule has 5 aliphatic heterocycles. The number of aliphatic hydroxyl groups excluding tert-OH is 1. The average molecular weight is 910 g/mol. The molecule has 0 amide bonds. The molecular weight excluding hydrogens is 837 g/mol. The van der Waals surface area contributed by atoms with Crippen LogP contribution in [0, 0.1) is 35.5 Å². The van der Waals surface area contributed by atoms with E-state index in [-0.39, 0.29) is 59.7 Å². The zero-order valence-corrected chi connectivity index (χ0v) is 42.8. The third-order valence-corrected chi connectivity index (χ3v) is 14.2. The molecule has 0 aromatic heterocycles. The van der Waals surface area contributed by atoms with Crippen LogP contribution in [0.3, 0.4) is 0 Å². The fraction of sp³-hybridized carbons (Fsp3) is 0.527. The van der Waals surface area contributed by atoms with Crippen LogP contribution < -0.4 is 5.32 Å². The van der Waals surface area contributed by atoms with Crippen LogP contribution >= 0.6 is 0 Å². The predicted molar refractivity (Wildman–Crippen MR) is 268 cm³/mol. The van der Waals surface area contributed by atoms with Crippen molar-refractivity contribution in [2.75, 3.05) is 13.7 Å². The smallest absolute Gasteiger partial charge is 0.515 e. The largest absolute Gasteiger partial charge is 2.00 e. The van der Waals surface area contributed by atoms with Crippen LogP contribution in [0.2, 0.25) is 0 Å². The van der Waals surface area contributed by atoms with Crippen LogP contribution in [0.4, 0.5) is 0 Å². The first kappa shape index (κ1) is 52.4. The average Bonchev–Trinajstić information content (AvgIpc) is 4.02. The fourth-order valence-corrected chi connectivity index (χ4v) is 10.1. The molecule has 348 valence electrons. The maximum Gasteiger partial charge on any atom is 2.00 e. The van der Waals surface area contributed by atoms with Crippen LogP contribution in [0.5, 0.6) is 0 Å². The van der Waals surface area contributed by atoms with E-state index in [9.17, 15) is 19.5 Å². The summed E-state index contributed by atoms with van der Waals surface area (Å²) in [6.07, 6.45) is 22.9. The number of nitrogens with one attached hydrogen (secondary N) is 1. The number of esters is 2. The number of Topliss-reactive ketones (excluding diaryl/α,β-unsaturated/α-hetero) is 1. The van der Waals surface area contributed by atoms with Gasteiger partial charge in [-0.15, -0.1) is 0 Å². The predicted octanol–water partition coefficient (Wildman–Crippen LogP) is 11.7. The van der Waals surface area contributed by atoms with Crippen molar-refractivity contribution in [3.8, 4) is 0 Å². The molecule has 5 atom stereocenters. The second-order valence-electron chi connectivity index (χ2n) is 19.4. The topological polar surface area (TPSA) is 139 Å². The minimum atomic E-state index is -1.23. The number of aliphatic hydroxyl groups is 1. The summed E-state index contributed by atoms with van der Waals surface area (Å²) in [6.45, 7) is 23.7. The standard InChI is InChI=1S/C55H72N4O6.Mg/c1-12-38-35(8)42-27-43-36(9)40(23-24-48(61)65-26-25-34(7)22-16-21-33(6)20-15-19-32(5)18-14-17-31(3)4)52(58-43)50-51(55(63)64-11)54(62)49-37(10)44(59-53(49)50)28-46-39(13-2)41(30-60)47(57-46)29-45(38)56-42;/h12,25,27-33,36,40,51,58,60H,1,13-24,26H2,2-11H3;/q;+2/b34-25?,41-30+,43-27?,44-28?,45-29?,52-50?;. The minimum Gasteiger partial charge on any atom is -0.515 e. The summed E-state index contributed by atoms with van der Waals surface area (Å²) < 4.78 is 11.0. The maximum atomic E-state index is 14.4. The molecule has 6 aliphatic rings. The molecule has 0 aromatic carbocycles. The summed E-state index contributed by atoms with van der Waals surface area (Å²) in [4.78, 5) is 56.5. The maximum absolute atomic E-state index is 14.4. The molecule has 1 aliphatic carbocycles. The van der Waals surface area contributed by atoms with E-state index in [1.165, 1.54) is 57.6 Å². The Bertz CT molecular complexity index is 2360. The Kier molecular flexibility index (Phi) is 18.6. The number of ketones is 1. The molecule has 10 nitrogen and oxygen atoms in total. The van der Waals surface area contributed by atoms with E-state index < -0.39 is 11.9 Å². The summed E-state index contributed by atoms with van der Waals surface area (Å²) in [5, 5.41) is 14.1. The van der Waals surface area contributed by atoms with Gasteiger partial charge in [-0.3, -0.25) is 14.4 Å². The number of ether oxygens (including phenoxy) is 2. The first-order chi connectivity index (χ1) is 31.1. The SMILES string of the molecule is C=CC1=C(C)C2=NC1=CC1=NC(=C(CC)/C1=C\O)C=C1N=C3C(=C1C)C(=O)C(C(=O)OC)C3=C1NC(=C2)C(C)C1CCC(=O)OCC=C(C)CCCC(C)CCCC(C)CCCC(C)C.[Mg+2]. The van der Waals surface area contributed by atoms with Gasteiger partial charge in [0.1, 0.15) is 12.5 Å². The molecule has 11 heteroatoms. The number of rotatable bonds is 20. The molecule has 2 N–H and O–H groups in total. The second-order valence-corrected chi connectivity index (χ2v) is 19.4. The van der Waals surface area contributed by atoms with E-state index in [2.05, 4.69) is 53.4 Å². The van der Waals surface area contributed by atoms with Crippen molar-refractivity contribution in [3.63, 3.8) is 0 Å². The molecule has 5 heterocycles. The second kappa shape index (κ2) is 23.4. The van der Waals surface area contributed by atoms with Gasteiger partial charge >= 0.3 is 35.0 Å². The van der Waals surface area contributed by atoms with Crippen molar-refractivity contribution in [3.05, 3.63) is 116 Å². The van der Waals surface area contributed by atoms with Gasteiger partial charge in [0.15, 0.2) is 5.78 Å². The summed E-state index contributed by atoms with van der Waals surface area (Å²) >= 11 is 0. The number of fused-ring (bicyclic) bond motifs is 5. The molecular formula is C55H72MgN4O6+2. The molecule has 6 rings (SSSR count). The molecule has 0 aromatic rings. The first-order valence-corrected chi connectivity index (χ1v) is 24.1. The Labute approximate surface area is 410 Å². The number of nitrogens with zero attached hydrogens (tertiary/aromatic N) is 3. The van der Waals surface area contributed by atoms with Gasteiger partial charge in [-0.05, 0) is 105 Å². The first-order valence-electron chi connectivity index (χ1n) is 24.1. The molecule has 1 saturated heterocycles. The molecule has 1 saturated carbocycles. The zero-order chi connectivity index (χ0) is 47.1. The van der Waals surface area contributed by atoms with E-state index in [1.807, 2.05) is 45.1 Å². The van der Waals surface area contributed by atoms with Crippen LogP contribution in [0.15, 0.2) is 131 Å². The Morgan fingerprint density at radius 2 is 1.59 bits per heavy atom. The summed E-state index contributed by atoms with van der Waals surface area (Å²) in [5.41, 5.74) is 10.9. The Balaban J connectivity index is 0.00000817. The van der Waals surface area contributed by atoms with Gasteiger partial charge in [0, 0.05) is 51.9 Å². The van der Waals surface area contributed by atoms with Crippen LogP contribution in [0.1, 0.15) is 139 Å². The summed E-state index contributed by atoms with van der Waals surface area (Å²) in [6, 6.07) is 0. The minimum absolute atomic E-state index is 0. The van der Waals surface area contributed by atoms with Gasteiger partial charge in [-0.25, -0.2) is 15.0 Å². The van der Waals surface area contributed by atoms with Crippen LogP contribution in [-0.2, 0) is 23.9 Å². The van der Waals surface area contributed by atoms with Gasteiger partial charge in [0.25, 0.3) is 0 Å². The fourth-order valence-electron chi connectivity index (χ4n) is 10.1. The van der Waals surface area contributed by atoms with Gasteiger partial charge in [-0.2, -0.15) is 0 Å². The van der Waals surface area contributed by atoms with E-state index in [1.54, 1.807) is 6.08 Å². The molecule has 66 heavy (non-hydrogen) atoms. The van der Waals surface area contributed by atoms with E-state index >= 15 is 0 Å². The number of methoxy groups -OCH3 is 1. The van der Waals surface area contributed by atoms with E-state index in [0.29, 0.717) is 81.0 Å². The summed E-state index contributed by atoms with van der Waals surface area (Å²) in [5.74, 6) is -0.732. The van der Waals surface area contributed by atoms with Gasteiger partial charge < -0.3 is 19.9 Å². The Morgan fingerprint density at radius 1 is 0.909 bits per heavy atom. The Morgan fingerprint density at radius 3 is 2.23 bits per heavy atom. The van der Waals surface area contributed by atoms with Crippen molar-refractivity contribution >= 4 is 57.9 Å². The third kappa shape index (κ3) is 11.6. The molecule has 5 unspecified atom stereocenters. The molecule has 0 radical (unpaired) electrons. The van der Waals surface area contributed by atoms with Gasteiger partial charge in [-0.1, -0.05) is 105 Å². The van der Waals surface area contributed by atoms with Gasteiger partial charge in [0.2, 0.25) is 0 Å². The molecule has 0 spiro atoms. The quantitative estimate of drug-likeness (QED) is 0.0408. The van der Waals surface area contributed by atoms with Crippen molar-refractivity contribution in [1.82, 2.24) is 5.32 Å². The number of carbonyl (C=O) groups excluding carboxylic acids is 3. The zero-order valence-electron chi connectivity index (χ0n) is 41.4. The number of hydrogen-bond donors (Lipinski definition) is 2. The number of allylic oxidation sites excluding steroid dienone is 12. The number of aliphatic imine (C=N–C) groups is 3. The van der Waals surface area contributed by atoms with Crippen molar-refractivity contribution < 1.29 is 29.0 Å². The van der Waals surface area contributed by atoms with Crippen LogP contribution in [0.25, 0.3) is 0 Å². The molecule has 8 bridgehead atoms. The van der Waals surface area contributed by atoms with E-state index in [0.717, 1.165) is 53.4 Å². The van der Waals surface area contributed by atoms with Crippen LogP contribution in [-0.4, -0.2) is 76.7 Å². The van der Waals surface area contributed by atoms with Crippen molar-refractivity contribution in [2.45, 2.75) is 139 Å². The van der Waals surface area contributed by atoms with Crippen molar-refractivity contribution in [1.29, 1.82) is 0 Å². The Hall–Kier alpha value is -4.61. The number of carbonyl (C=O) groups is 3. The third-order valence-electron chi connectivity index (χ3n) is 14.2. The van der Waals surface area contributed by atoms with Crippen molar-refractivity contribution in [2.24, 2.45) is 50.5 Å². The summed E-state index contributed by atoms with van der Waals surface area (Å²) in [7, 11) is 1.29. The monoisotopic (exact) mass is 909 g/mol. The number of hydrogen-bond acceptors (Lipinski definition) is 10. The normalized spacial score (nSPS) is 22.8. The van der Waals surface area contributed by atoms with E-state index in [4.69, 9.17) is 24.5 Å². The van der Waals surface area contributed by atoms with Gasteiger partial charge in [0.05, 0.1) is 47.6 Å². The molecule has 2 fully saturated rings.